The molecule has 0 atom stereocenters. The van der Waals surface area contributed by atoms with Gasteiger partial charge in [0.2, 0.25) is 0 Å². The van der Waals surface area contributed by atoms with Gasteiger partial charge in [-0.3, -0.25) is 0 Å². The molecule has 2 rings (SSSR count). The normalized spacial score (nSPS) is 10.0. The molecule has 0 saturated carbocycles. The molecular weight excluding hydrogens is 236 g/mol. The van der Waals surface area contributed by atoms with Crippen LogP contribution in [0.2, 0.25) is 0 Å². The van der Waals surface area contributed by atoms with E-state index in [1.54, 1.807) is 6.92 Å². The molecule has 0 aliphatic rings. The van der Waals surface area contributed by atoms with Crippen LogP contribution in [0.1, 0.15) is 12.5 Å². The number of carbonyl (C=O) groups is 1. The Morgan fingerprint density at radius 1 is 1.11 bits per heavy atom. The Bertz CT molecular complexity index is 612. The molecule has 0 radical (unpaired) electrons. The first-order chi connectivity index (χ1) is 9.08. The maximum absolute atomic E-state index is 11.7. The summed E-state index contributed by atoms with van der Waals surface area (Å²) >= 11 is 0. The van der Waals surface area contributed by atoms with Crippen molar-refractivity contribution in [1.82, 2.24) is 0 Å². The lowest BCUT2D eigenvalue weighted by molar-refractivity contribution is -0.130. The van der Waals surface area contributed by atoms with Crippen molar-refractivity contribution in [3.63, 3.8) is 0 Å². The van der Waals surface area contributed by atoms with E-state index in [0.29, 0.717) is 11.3 Å². The number of rotatable bonds is 3. The predicted octanol–water partition coefficient (Wildman–Crippen LogP) is 4.14. The first-order valence-electron chi connectivity index (χ1n) is 6.11. The summed E-state index contributed by atoms with van der Waals surface area (Å²) in [4.78, 5) is 11.7. The molecule has 0 N–H and O–H groups in total. The van der Waals surface area contributed by atoms with Gasteiger partial charge >= 0.3 is 5.97 Å². The summed E-state index contributed by atoms with van der Waals surface area (Å²) in [6.07, 6.45) is 0. The predicted molar refractivity (Wildman–Crippen MR) is 77.1 cm³/mol. The molecule has 0 aromatic heterocycles. The lowest BCUT2D eigenvalue weighted by Crippen LogP contribution is -2.09. The minimum Gasteiger partial charge on any atom is -0.423 e. The van der Waals surface area contributed by atoms with Gasteiger partial charge in [0.05, 0.1) is 0 Å². The van der Waals surface area contributed by atoms with E-state index in [0.717, 1.165) is 16.7 Å². The lowest BCUT2D eigenvalue weighted by Gasteiger charge is -2.11. The van der Waals surface area contributed by atoms with E-state index in [2.05, 4.69) is 6.58 Å². The molecule has 0 aliphatic heterocycles. The summed E-state index contributed by atoms with van der Waals surface area (Å²) in [7, 11) is 0. The van der Waals surface area contributed by atoms with Crippen LogP contribution >= 0.6 is 0 Å². The molecule has 2 aromatic rings. The minimum atomic E-state index is -0.400. The van der Waals surface area contributed by atoms with Crippen LogP contribution < -0.4 is 4.74 Å². The monoisotopic (exact) mass is 252 g/mol. The molecule has 0 aliphatic carbocycles. The second-order valence-electron chi connectivity index (χ2n) is 4.54. The largest absolute Gasteiger partial charge is 0.423 e. The van der Waals surface area contributed by atoms with Crippen LogP contribution in [0, 0.1) is 6.92 Å². The minimum absolute atomic E-state index is 0.389. The van der Waals surface area contributed by atoms with E-state index in [4.69, 9.17) is 4.74 Å². The molecule has 0 bridgehead atoms. The van der Waals surface area contributed by atoms with Crippen molar-refractivity contribution in [2.75, 3.05) is 0 Å². The van der Waals surface area contributed by atoms with E-state index in [-0.39, 0.29) is 0 Å². The molecule has 0 spiro atoms. The third kappa shape index (κ3) is 3.10. The van der Waals surface area contributed by atoms with Crippen LogP contribution in [-0.4, -0.2) is 5.97 Å². The zero-order valence-corrected chi connectivity index (χ0v) is 11.1. The van der Waals surface area contributed by atoms with E-state index in [1.165, 1.54) is 0 Å². The topological polar surface area (TPSA) is 26.3 Å². The summed E-state index contributed by atoms with van der Waals surface area (Å²) in [5, 5.41) is 0. The SMILES string of the molecule is C=C(C)C(=O)Oc1cc(C)ccc1-c1ccccc1. The van der Waals surface area contributed by atoms with Gasteiger partial charge in [-0.2, -0.15) is 0 Å². The van der Waals surface area contributed by atoms with Gasteiger partial charge in [0.25, 0.3) is 0 Å². The number of carbonyl (C=O) groups excluding carboxylic acids is 1. The summed E-state index contributed by atoms with van der Waals surface area (Å²) in [6.45, 7) is 7.21. The highest BCUT2D eigenvalue weighted by atomic mass is 16.5. The molecule has 0 fully saturated rings. The van der Waals surface area contributed by atoms with Crippen LogP contribution in [0.4, 0.5) is 0 Å². The van der Waals surface area contributed by atoms with Crippen molar-refractivity contribution in [2.45, 2.75) is 13.8 Å². The van der Waals surface area contributed by atoms with Crippen LogP contribution in [-0.2, 0) is 4.79 Å². The fourth-order valence-corrected chi connectivity index (χ4v) is 1.76. The molecule has 0 amide bonds. The lowest BCUT2D eigenvalue weighted by atomic mass is 10.0. The van der Waals surface area contributed by atoms with Crippen LogP contribution in [0.3, 0.4) is 0 Å². The van der Waals surface area contributed by atoms with E-state index in [1.807, 2.05) is 55.5 Å². The maximum atomic E-state index is 11.7. The van der Waals surface area contributed by atoms with Crippen molar-refractivity contribution in [3.8, 4) is 16.9 Å². The zero-order chi connectivity index (χ0) is 13.8. The smallest absolute Gasteiger partial charge is 0.338 e. The highest BCUT2D eigenvalue weighted by Gasteiger charge is 2.11. The van der Waals surface area contributed by atoms with Crippen molar-refractivity contribution >= 4 is 5.97 Å². The average molecular weight is 252 g/mol. The molecule has 0 heterocycles. The quantitative estimate of drug-likeness (QED) is 0.466. The zero-order valence-electron chi connectivity index (χ0n) is 11.1. The van der Waals surface area contributed by atoms with Crippen molar-refractivity contribution in [1.29, 1.82) is 0 Å². The first kappa shape index (κ1) is 13.1. The van der Waals surface area contributed by atoms with Crippen molar-refractivity contribution in [3.05, 3.63) is 66.2 Å². The standard InChI is InChI=1S/C17H16O2/c1-12(2)17(18)19-16-11-13(3)9-10-15(16)14-7-5-4-6-8-14/h4-11H,1H2,2-3H3. The number of benzene rings is 2. The van der Waals surface area contributed by atoms with Crippen molar-refractivity contribution < 1.29 is 9.53 Å². The molecule has 96 valence electrons. The molecule has 2 nitrogen and oxygen atoms in total. The summed E-state index contributed by atoms with van der Waals surface area (Å²) in [6, 6.07) is 15.7. The Hall–Kier alpha value is -2.35. The van der Waals surface area contributed by atoms with Crippen LogP contribution in [0.25, 0.3) is 11.1 Å². The average Bonchev–Trinajstić information content (AvgIpc) is 2.39. The molecule has 0 unspecified atom stereocenters. The first-order valence-corrected chi connectivity index (χ1v) is 6.11. The number of hydrogen-bond donors (Lipinski definition) is 0. The van der Waals surface area contributed by atoms with E-state index < -0.39 is 5.97 Å². The van der Waals surface area contributed by atoms with E-state index >= 15 is 0 Å². The van der Waals surface area contributed by atoms with Crippen LogP contribution in [0.5, 0.6) is 5.75 Å². The Kier molecular flexibility index (Phi) is 3.81. The molecule has 2 aromatic carbocycles. The molecule has 19 heavy (non-hydrogen) atoms. The van der Waals surface area contributed by atoms with E-state index in [9.17, 15) is 4.79 Å². The number of esters is 1. The summed E-state index contributed by atoms with van der Waals surface area (Å²) in [5.41, 5.74) is 3.36. The molecule has 2 heteroatoms. The third-order valence-corrected chi connectivity index (χ3v) is 2.77. The van der Waals surface area contributed by atoms with Gasteiger partial charge in [-0.25, -0.2) is 4.79 Å². The highest BCUT2D eigenvalue weighted by molar-refractivity contribution is 5.90. The molecular formula is C17H16O2. The van der Waals surface area contributed by atoms with Gasteiger partial charge in [0.1, 0.15) is 5.75 Å². The second-order valence-corrected chi connectivity index (χ2v) is 4.54. The van der Waals surface area contributed by atoms with Crippen molar-refractivity contribution in [2.24, 2.45) is 0 Å². The summed E-state index contributed by atoms with van der Waals surface area (Å²) in [5.74, 6) is 0.169. The van der Waals surface area contributed by atoms with Gasteiger partial charge in [-0.05, 0) is 31.0 Å². The van der Waals surface area contributed by atoms with Gasteiger partial charge < -0.3 is 4.74 Å². The second kappa shape index (κ2) is 5.53. The number of aryl methyl sites for hydroxylation is 1. The number of ether oxygens (including phenoxy) is 1. The Balaban J connectivity index is 2.44. The maximum Gasteiger partial charge on any atom is 0.338 e. The summed E-state index contributed by atoms with van der Waals surface area (Å²) < 4.78 is 5.40. The fraction of sp³-hybridized carbons (Fsp3) is 0.118. The number of hydrogen-bond acceptors (Lipinski definition) is 2. The molecule has 0 saturated heterocycles. The highest BCUT2D eigenvalue weighted by Crippen LogP contribution is 2.31. The Morgan fingerprint density at radius 3 is 2.42 bits per heavy atom. The van der Waals surface area contributed by atoms with Gasteiger partial charge in [-0.15, -0.1) is 0 Å². The fourth-order valence-electron chi connectivity index (χ4n) is 1.76. The third-order valence-electron chi connectivity index (χ3n) is 2.77. The Morgan fingerprint density at radius 2 is 1.79 bits per heavy atom. The van der Waals surface area contributed by atoms with Gasteiger partial charge in [0, 0.05) is 11.1 Å². The van der Waals surface area contributed by atoms with Crippen LogP contribution in [0.15, 0.2) is 60.7 Å². The van der Waals surface area contributed by atoms with Gasteiger partial charge in [0.15, 0.2) is 0 Å². The van der Waals surface area contributed by atoms with Gasteiger partial charge in [-0.1, -0.05) is 49.0 Å². The Labute approximate surface area is 113 Å².